The molecule has 0 saturated carbocycles. The van der Waals surface area contributed by atoms with Gasteiger partial charge in [0.25, 0.3) is 0 Å². The lowest BCUT2D eigenvalue weighted by atomic mass is 10.0. The summed E-state index contributed by atoms with van der Waals surface area (Å²) < 4.78 is 0. The van der Waals surface area contributed by atoms with Gasteiger partial charge in [0.15, 0.2) is 0 Å². The fraction of sp³-hybridized carbons (Fsp3) is 0.562. The Balaban J connectivity index is 1.58. The molecule has 2 saturated heterocycles. The first-order valence-electron chi connectivity index (χ1n) is 7.56. The van der Waals surface area contributed by atoms with Crippen molar-refractivity contribution in [3.8, 4) is 0 Å². The van der Waals surface area contributed by atoms with Gasteiger partial charge in [-0.25, -0.2) is 0 Å². The van der Waals surface area contributed by atoms with Crippen LogP contribution in [0.4, 0.5) is 11.4 Å². The summed E-state index contributed by atoms with van der Waals surface area (Å²) in [6, 6.07) is 8.30. The number of nitrogens with zero attached hydrogens (tertiary/aromatic N) is 1. The Bertz CT molecular complexity index is 448. The molecule has 0 bridgehead atoms. The van der Waals surface area contributed by atoms with E-state index in [1.807, 2.05) is 23.9 Å². The number of hydrogen-bond acceptors (Lipinski definition) is 3. The first-order valence-corrected chi connectivity index (χ1v) is 8.72. The van der Waals surface area contributed by atoms with Crippen LogP contribution in [0.3, 0.4) is 0 Å². The van der Waals surface area contributed by atoms with Gasteiger partial charge in [-0.2, -0.15) is 11.8 Å². The minimum absolute atomic E-state index is 0.186. The standard InChI is InChI=1S/C16H22N2OS/c19-16(13-4-3-11-20-12-13)17-14-5-7-15(8-6-14)18-9-1-2-10-18/h5-8,13H,1-4,9-12H2,(H,17,19). The summed E-state index contributed by atoms with van der Waals surface area (Å²) in [5.74, 6) is 2.55. The lowest BCUT2D eigenvalue weighted by Gasteiger charge is -2.21. The summed E-state index contributed by atoms with van der Waals surface area (Å²) in [5.41, 5.74) is 2.20. The van der Waals surface area contributed by atoms with Crippen molar-refractivity contribution >= 4 is 29.0 Å². The zero-order chi connectivity index (χ0) is 13.8. The van der Waals surface area contributed by atoms with Crippen LogP contribution in [-0.4, -0.2) is 30.5 Å². The maximum Gasteiger partial charge on any atom is 0.228 e. The van der Waals surface area contributed by atoms with Gasteiger partial charge in [-0.15, -0.1) is 0 Å². The van der Waals surface area contributed by atoms with Crippen molar-refractivity contribution in [3.63, 3.8) is 0 Å². The van der Waals surface area contributed by atoms with E-state index >= 15 is 0 Å². The molecule has 1 N–H and O–H groups in total. The van der Waals surface area contributed by atoms with Crippen molar-refractivity contribution < 1.29 is 4.79 Å². The molecule has 1 amide bonds. The number of benzene rings is 1. The zero-order valence-corrected chi connectivity index (χ0v) is 12.6. The van der Waals surface area contributed by atoms with Crippen LogP contribution in [0.5, 0.6) is 0 Å². The average Bonchev–Trinajstić information content (AvgIpc) is 3.03. The molecule has 3 rings (SSSR count). The molecule has 0 spiro atoms. The molecule has 0 aliphatic carbocycles. The van der Waals surface area contributed by atoms with Gasteiger partial charge < -0.3 is 10.2 Å². The maximum atomic E-state index is 12.2. The molecule has 3 nitrogen and oxygen atoms in total. The fourth-order valence-electron chi connectivity index (χ4n) is 2.92. The first kappa shape index (κ1) is 13.8. The molecular formula is C16H22N2OS. The number of carbonyl (C=O) groups is 1. The molecule has 2 fully saturated rings. The van der Waals surface area contributed by atoms with Crippen LogP contribution in [0.1, 0.15) is 25.7 Å². The molecule has 1 aromatic carbocycles. The summed E-state index contributed by atoms with van der Waals surface area (Å²) in [7, 11) is 0. The van der Waals surface area contributed by atoms with Crippen molar-refractivity contribution in [2.75, 3.05) is 34.8 Å². The average molecular weight is 290 g/mol. The van der Waals surface area contributed by atoms with Crippen LogP contribution < -0.4 is 10.2 Å². The predicted octanol–water partition coefficient (Wildman–Crippen LogP) is 3.37. The number of anilines is 2. The SMILES string of the molecule is O=C(Nc1ccc(N2CCCC2)cc1)C1CCCSC1. The third kappa shape index (κ3) is 3.29. The van der Waals surface area contributed by atoms with E-state index in [0.29, 0.717) is 0 Å². The molecule has 2 aliphatic rings. The van der Waals surface area contributed by atoms with E-state index in [1.54, 1.807) is 0 Å². The summed E-state index contributed by atoms with van der Waals surface area (Å²) in [6.45, 7) is 2.32. The van der Waals surface area contributed by atoms with Crippen molar-refractivity contribution in [2.24, 2.45) is 5.92 Å². The highest BCUT2D eigenvalue weighted by Gasteiger charge is 2.21. The van der Waals surface area contributed by atoms with Crippen LogP contribution in [0.15, 0.2) is 24.3 Å². The quantitative estimate of drug-likeness (QED) is 0.926. The Morgan fingerprint density at radius 2 is 1.90 bits per heavy atom. The van der Waals surface area contributed by atoms with Crippen molar-refractivity contribution in [1.29, 1.82) is 0 Å². The highest BCUT2D eigenvalue weighted by Crippen LogP contribution is 2.25. The van der Waals surface area contributed by atoms with E-state index in [-0.39, 0.29) is 11.8 Å². The highest BCUT2D eigenvalue weighted by molar-refractivity contribution is 7.99. The minimum Gasteiger partial charge on any atom is -0.372 e. The lowest BCUT2D eigenvalue weighted by Crippen LogP contribution is -2.27. The number of carbonyl (C=O) groups excluding carboxylic acids is 1. The van der Waals surface area contributed by atoms with E-state index in [2.05, 4.69) is 22.3 Å². The third-order valence-corrected chi connectivity index (χ3v) is 5.35. The van der Waals surface area contributed by atoms with E-state index in [9.17, 15) is 4.79 Å². The Kier molecular flexibility index (Phi) is 4.51. The van der Waals surface area contributed by atoms with Crippen LogP contribution in [0.25, 0.3) is 0 Å². The smallest absolute Gasteiger partial charge is 0.228 e. The van der Waals surface area contributed by atoms with E-state index in [4.69, 9.17) is 0 Å². The number of nitrogens with one attached hydrogen (secondary N) is 1. The van der Waals surface area contributed by atoms with E-state index in [0.717, 1.165) is 37.4 Å². The Morgan fingerprint density at radius 3 is 2.55 bits per heavy atom. The maximum absolute atomic E-state index is 12.2. The second-order valence-corrected chi connectivity index (χ2v) is 6.79. The Hall–Kier alpha value is -1.16. The summed E-state index contributed by atoms with van der Waals surface area (Å²) in [5, 5.41) is 3.06. The molecule has 0 radical (unpaired) electrons. The molecular weight excluding hydrogens is 268 g/mol. The molecule has 1 aromatic rings. The largest absolute Gasteiger partial charge is 0.372 e. The van der Waals surface area contributed by atoms with Gasteiger partial charge in [-0.05, 0) is 55.7 Å². The van der Waals surface area contributed by atoms with Crippen molar-refractivity contribution in [3.05, 3.63) is 24.3 Å². The molecule has 2 heterocycles. The summed E-state index contributed by atoms with van der Waals surface area (Å²) in [6.07, 6.45) is 4.77. The van der Waals surface area contributed by atoms with Gasteiger partial charge in [-0.1, -0.05) is 0 Å². The van der Waals surface area contributed by atoms with Gasteiger partial charge in [0.2, 0.25) is 5.91 Å². The normalized spacial score (nSPS) is 22.8. The van der Waals surface area contributed by atoms with Crippen molar-refractivity contribution in [1.82, 2.24) is 0 Å². The van der Waals surface area contributed by atoms with Crippen molar-refractivity contribution in [2.45, 2.75) is 25.7 Å². The van der Waals surface area contributed by atoms with Crippen LogP contribution in [0, 0.1) is 5.92 Å². The Labute approximate surface area is 125 Å². The second kappa shape index (κ2) is 6.53. The molecule has 2 aliphatic heterocycles. The number of hydrogen-bond donors (Lipinski definition) is 1. The number of thioether (sulfide) groups is 1. The fourth-order valence-corrected chi connectivity index (χ4v) is 4.06. The van der Waals surface area contributed by atoms with E-state index < -0.39 is 0 Å². The Morgan fingerprint density at radius 1 is 1.15 bits per heavy atom. The number of rotatable bonds is 3. The molecule has 1 unspecified atom stereocenters. The van der Waals surface area contributed by atoms with Gasteiger partial charge in [0, 0.05) is 36.1 Å². The van der Waals surface area contributed by atoms with Crippen LogP contribution >= 0.6 is 11.8 Å². The van der Waals surface area contributed by atoms with Gasteiger partial charge >= 0.3 is 0 Å². The van der Waals surface area contributed by atoms with Crippen LogP contribution in [0.2, 0.25) is 0 Å². The monoisotopic (exact) mass is 290 g/mol. The first-order chi connectivity index (χ1) is 9.83. The zero-order valence-electron chi connectivity index (χ0n) is 11.8. The third-order valence-electron chi connectivity index (χ3n) is 4.14. The summed E-state index contributed by atoms with van der Waals surface area (Å²) >= 11 is 1.89. The molecule has 0 aromatic heterocycles. The van der Waals surface area contributed by atoms with E-state index in [1.165, 1.54) is 24.3 Å². The topological polar surface area (TPSA) is 32.3 Å². The van der Waals surface area contributed by atoms with Gasteiger partial charge in [0.1, 0.15) is 0 Å². The molecule has 20 heavy (non-hydrogen) atoms. The van der Waals surface area contributed by atoms with Gasteiger partial charge in [0.05, 0.1) is 0 Å². The molecule has 4 heteroatoms. The number of amides is 1. The molecule has 1 atom stereocenters. The lowest BCUT2D eigenvalue weighted by molar-refractivity contribution is -0.119. The highest BCUT2D eigenvalue weighted by atomic mass is 32.2. The van der Waals surface area contributed by atoms with Crippen LogP contribution in [-0.2, 0) is 4.79 Å². The molecule has 108 valence electrons. The predicted molar refractivity (Wildman–Crippen MR) is 86.6 cm³/mol. The second-order valence-electron chi connectivity index (χ2n) is 5.64. The minimum atomic E-state index is 0.186. The van der Waals surface area contributed by atoms with Gasteiger partial charge in [-0.3, -0.25) is 4.79 Å². The summed E-state index contributed by atoms with van der Waals surface area (Å²) in [4.78, 5) is 14.6.